The molecule has 3 rings (SSSR count). The van der Waals surface area contributed by atoms with Crippen LogP contribution in [-0.4, -0.2) is 45.1 Å². The fraction of sp³-hybridized carbons (Fsp3) is 0.522. The Hall–Kier alpha value is -2.28. The van der Waals surface area contributed by atoms with E-state index < -0.39 is 0 Å². The molecule has 0 unspecified atom stereocenters. The minimum atomic E-state index is -0.0161. The smallest absolute Gasteiger partial charge is 0.253 e. The number of likely N-dealkylation sites (tertiary alicyclic amines) is 1. The molecule has 1 aliphatic heterocycles. The predicted molar refractivity (Wildman–Crippen MR) is 121 cm³/mol. The van der Waals surface area contributed by atoms with Crippen molar-refractivity contribution >= 4 is 23.6 Å². The Morgan fingerprint density at radius 3 is 2.50 bits per heavy atom. The zero-order valence-corrected chi connectivity index (χ0v) is 19.1. The molecule has 1 saturated heterocycles. The van der Waals surface area contributed by atoms with Gasteiger partial charge in [0, 0.05) is 37.4 Å². The van der Waals surface area contributed by atoms with Gasteiger partial charge < -0.3 is 14.8 Å². The predicted octanol–water partition coefficient (Wildman–Crippen LogP) is 3.94. The SMILES string of the molecule is CCCCn1c(SCC(=O)NCc2ccc(C(=O)N3CCCC3)cc2)nc(C)c1C. The van der Waals surface area contributed by atoms with Crippen molar-refractivity contribution in [3.8, 4) is 0 Å². The highest BCUT2D eigenvalue weighted by atomic mass is 32.2. The van der Waals surface area contributed by atoms with Crippen LogP contribution >= 0.6 is 11.8 Å². The first-order valence-corrected chi connectivity index (χ1v) is 11.8. The molecule has 6 nitrogen and oxygen atoms in total. The van der Waals surface area contributed by atoms with Gasteiger partial charge in [-0.25, -0.2) is 4.98 Å². The molecule has 1 aliphatic rings. The van der Waals surface area contributed by atoms with Crippen LogP contribution in [-0.2, 0) is 17.9 Å². The summed E-state index contributed by atoms with van der Waals surface area (Å²) in [6.45, 7) is 9.37. The molecule has 162 valence electrons. The van der Waals surface area contributed by atoms with Gasteiger partial charge in [-0.1, -0.05) is 37.2 Å². The van der Waals surface area contributed by atoms with E-state index in [1.807, 2.05) is 36.1 Å². The standard InChI is InChI=1S/C23H32N4O2S/c1-4-5-14-27-18(3)17(2)25-23(27)30-16-21(28)24-15-19-8-10-20(11-9-19)22(29)26-12-6-7-13-26/h8-11H,4-7,12-16H2,1-3H3,(H,24,28). The second-order valence-corrected chi connectivity index (χ2v) is 8.77. The lowest BCUT2D eigenvalue weighted by Crippen LogP contribution is -2.27. The zero-order valence-electron chi connectivity index (χ0n) is 18.2. The lowest BCUT2D eigenvalue weighted by Gasteiger charge is -2.15. The van der Waals surface area contributed by atoms with Gasteiger partial charge >= 0.3 is 0 Å². The third kappa shape index (κ3) is 5.65. The number of nitrogens with zero attached hydrogens (tertiary/aromatic N) is 3. The Balaban J connectivity index is 1.48. The van der Waals surface area contributed by atoms with E-state index in [9.17, 15) is 9.59 Å². The highest BCUT2D eigenvalue weighted by Gasteiger charge is 2.19. The Bertz CT molecular complexity index is 870. The van der Waals surface area contributed by atoms with Crippen molar-refractivity contribution in [3.63, 3.8) is 0 Å². The second-order valence-electron chi connectivity index (χ2n) is 7.83. The van der Waals surface area contributed by atoms with Gasteiger partial charge in [0.05, 0.1) is 11.4 Å². The van der Waals surface area contributed by atoms with E-state index in [0.717, 1.165) is 61.7 Å². The fourth-order valence-corrected chi connectivity index (χ4v) is 4.51. The Morgan fingerprint density at radius 2 is 1.83 bits per heavy atom. The summed E-state index contributed by atoms with van der Waals surface area (Å²) in [5.41, 5.74) is 3.90. The van der Waals surface area contributed by atoms with Crippen LogP contribution in [0, 0.1) is 13.8 Å². The van der Waals surface area contributed by atoms with Crippen LogP contribution in [0.15, 0.2) is 29.4 Å². The molecule has 2 aromatic rings. The van der Waals surface area contributed by atoms with Crippen LogP contribution in [0.2, 0.25) is 0 Å². The van der Waals surface area contributed by atoms with Gasteiger partial charge in [0.25, 0.3) is 5.91 Å². The van der Waals surface area contributed by atoms with Gasteiger partial charge in [-0.2, -0.15) is 0 Å². The highest BCUT2D eigenvalue weighted by Crippen LogP contribution is 2.22. The molecular formula is C23H32N4O2S. The maximum Gasteiger partial charge on any atom is 0.253 e. The molecule has 1 fully saturated rings. The maximum atomic E-state index is 12.4. The molecule has 1 aromatic heterocycles. The Kier molecular flexibility index (Phi) is 7.96. The van der Waals surface area contributed by atoms with Crippen molar-refractivity contribution < 1.29 is 9.59 Å². The highest BCUT2D eigenvalue weighted by molar-refractivity contribution is 7.99. The summed E-state index contributed by atoms with van der Waals surface area (Å²) in [6, 6.07) is 7.54. The molecule has 0 aliphatic carbocycles. The van der Waals surface area contributed by atoms with Crippen molar-refractivity contribution in [1.82, 2.24) is 19.8 Å². The van der Waals surface area contributed by atoms with Gasteiger partial charge in [0.2, 0.25) is 5.91 Å². The monoisotopic (exact) mass is 428 g/mol. The van der Waals surface area contributed by atoms with Crippen LogP contribution in [0.3, 0.4) is 0 Å². The van der Waals surface area contributed by atoms with E-state index in [2.05, 4.69) is 28.7 Å². The minimum absolute atomic E-state index is 0.0161. The van der Waals surface area contributed by atoms with Crippen LogP contribution in [0.4, 0.5) is 0 Å². The number of aryl methyl sites for hydroxylation is 1. The van der Waals surface area contributed by atoms with Crippen molar-refractivity contribution in [1.29, 1.82) is 0 Å². The number of rotatable bonds is 9. The third-order valence-corrected chi connectivity index (χ3v) is 6.55. The normalized spacial score (nSPS) is 13.6. The molecule has 0 bridgehead atoms. The number of carbonyl (C=O) groups excluding carboxylic acids is 2. The van der Waals surface area contributed by atoms with Crippen LogP contribution < -0.4 is 5.32 Å². The molecular weight excluding hydrogens is 396 g/mol. The molecule has 30 heavy (non-hydrogen) atoms. The lowest BCUT2D eigenvalue weighted by atomic mass is 10.1. The number of hydrogen-bond donors (Lipinski definition) is 1. The average Bonchev–Trinajstić information content (AvgIpc) is 3.38. The number of hydrogen-bond acceptors (Lipinski definition) is 4. The fourth-order valence-electron chi connectivity index (χ4n) is 3.56. The van der Waals surface area contributed by atoms with Crippen molar-refractivity contribution in [2.24, 2.45) is 0 Å². The van der Waals surface area contributed by atoms with E-state index in [4.69, 9.17) is 0 Å². The van der Waals surface area contributed by atoms with Gasteiger partial charge in [0.15, 0.2) is 5.16 Å². The van der Waals surface area contributed by atoms with Crippen molar-refractivity contribution in [2.45, 2.75) is 64.7 Å². The Labute approximate surface area is 183 Å². The summed E-state index contributed by atoms with van der Waals surface area (Å²) < 4.78 is 2.22. The molecule has 0 radical (unpaired) electrons. The Morgan fingerprint density at radius 1 is 1.13 bits per heavy atom. The molecule has 7 heteroatoms. The third-order valence-electron chi connectivity index (χ3n) is 5.57. The summed E-state index contributed by atoms with van der Waals surface area (Å²) in [5, 5.41) is 3.88. The number of carbonyl (C=O) groups is 2. The first-order valence-electron chi connectivity index (χ1n) is 10.8. The molecule has 1 aromatic carbocycles. The van der Waals surface area contributed by atoms with Gasteiger partial charge in [-0.3, -0.25) is 9.59 Å². The number of imidazole rings is 1. The van der Waals surface area contributed by atoms with E-state index >= 15 is 0 Å². The van der Waals surface area contributed by atoms with Crippen LogP contribution in [0.5, 0.6) is 0 Å². The number of aromatic nitrogens is 2. The molecule has 2 heterocycles. The van der Waals surface area contributed by atoms with Gasteiger partial charge in [0.1, 0.15) is 0 Å². The van der Waals surface area contributed by atoms with Crippen molar-refractivity contribution in [2.75, 3.05) is 18.8 Å². The second kappa shape index (κ2) is 10.7. The first-order chi connectivity index (χ1) is 14.5. The van der Waals surface area contributed by atoms with E-state index in [-0.39, 0.29) is 11.8 Å². The summed E-state index contributed by atoms with van der Waals surface area (Å²) in [6.07, 6.45) is 4.41. The average molecular weight is 429 g/mol. The number of amides is 2. The van der Waals surface area contributed by atoms with E-state index in [1.54, 1.807) is 0 Å². The molecule has 1 N–H and O–H groups in total. The largest absolute Gasteiger partial charge is 0.351 e. The molecule has 0 saturated carbocycles. The number of nitrogens with one attached hydrogen (secondary N) is 1. The first kappa shape index (κ1) is 22.4. The summed E-state index contributed by atoms with van der Waals surface area (Å²) >= 11 is 1.49. The van der Waals surface area contributed by atoms with Gasteiger partial charge in [-0.15, -0.1) is 0 Å². The number of thioether (sulfide) groups is 1. The number of benzene rings is 1. The zero-order chi connectivity index (χ0) is 21.5. The summed E-state index contributed by atoms with van der Waals surface area (Å²) in [5.74, 6) is 0.425. The molecule has 2 amide bonds. The lowest BCUT2D eigenvalue weighted by molar-refractivity contribution is -0.118. The van der Waals surface area contributed by atoms with Crippen LogP contribution in [0.1, 0.15) is 59.9 Å². The molecule has 0 atom stereocenters. The molecule has 0 spiro atoms. The topological polar surface area (TPSA) is 67.2 Å². The summed E-state index contributed by atoms with van der Waals surface area (Å²) in [4.78, 5) is 31.3. The van der Waals surface area contributed by atoms with E-state index in [0.29, 0.717) is 17.9 Å². The maximum absolute atomic E-state index is 12.4. The number of unbranched alkanes of at least 4 members (excludes halogenated alkanes) is 1. The van der Waals surface area contributed by atoms with Crippen molar-refractivity contribution in [3.05, 3.63) is 46.8 Å². The minimum Gasteiger partial charge on any atom is -0.351 e. The van der Waals surface area contributed by atoms with E-state index in [1.165, 1.54) is 17.5 Å². The van der Waals surface area contributed by atoms with Gasteiger partial charge in [-0.05, 0) is 50.8 Å². The quantitative estimate of drug-likeness (QED) is 0.614. The summed E-state index contributed by atoms with van der Waals surface area (Å²) in [7, 11) is 0. The van der Waals surface area contributed by atoms with Crippen LogP contribution in [0.25, 0.3) is 0 Å².